The molecule has 0 aliphatic rings. The third kappa shape index (κ3) is 3.56. The molecule has 0 fully saturated rings. The first-order valence-electron chi connectivity index (χ1n) is 3.35. The number of halogens is 10. The average molecular weight is 313 g/mol. The quantitative estimate of drug-likeness (QED) is 0.521. The van der Waals surface area contributed by atoms with Gasteiger partial charge in [0.05, 0.1) is 0 Å². The minimum absolute atomic E-state index is 1.98. The molecular formula is C6H2Cl3F7. The van der Waals surface area contributed by atoms with Crippen molar-refractivity contribution in [3.8, 4) is 0 Å². The highest BCUT2D eigenvalue weighted by atomic mass is 35.5. The smallest absolute Gasteiger partial charge is 0.238 e. The highest BCUT2D eigenvalue weighted by Gasteiger charge is 2.58. The van der Waals surface area contributed by atoms with E-state index in [0.717, 1.165) is 0 Å². The van der Waals surface area contributed by atoms with Crippen molar-refractivity contribution in [3.05, 3.63) is 11.1 Å². The second-order valence-corrected chi connectivity index (χ2v) is 4.40. The maximum absolute atomic E-state index is 12.9. The number of alkyl halides is 7. The van der Waals surface area contributed by atoms with Gasteiger partial charge in [0.15, 0.2) is 10.5 Å². The molecule has 0 saturated carbocycles. The molecule has 0 aliphatic heterocycles. The van der Waals surface area contributed by atoms with Gasteiger partial charge in [-0.3, -0.25) is 0 Å². The second-order valence-electron chi connectivity index (χ2n) is 2.55. The zero-order valence-corrected chi connectivity index (χ0v) is 9.20. The lowest BCUT2D eigenvalue weighted by molar-refractivity contribution is -0.186. The van der Waals surface area contributed by atoms with E-state index in [9.17, 15) is 30.7 Å². The third-order valence-electron chi connectivity index (χ3n) is 1.37. The Balaban J connectivity index is 5.15. The van der Waals surface area contributed by atoms with E-state index in [0.29, 0.717) is 0 Å². The molecule has 0 spiro atoms. The minimum atomic E-state index is -5.60. The maximum atomic E-state index is 12.9. The first-order valence-corrected chi connectivity index (χ1v) is 4.49. The largest absolute Gasteiger partial charge is 0.422 e. The Morgan fingerprint density at radius 3 is 1.62 bits per heavy atom. The maximum Gasteiger partial charge on any atom is 0.422 e. The predicted molar refractivity (Wildman–Crippen MR) is 45.4 cm³/mol. The molecule has 0 nitrogen and oxygen atoms in total. The molecule has 0 aromatic carbocycles. The van der Waals surface area contributed by atoms with E-state index in [2.05, 4.69) is 11.6 Å². The summed E-state index contributed by atoms with van der Waals surface area (Å²) in [7, 11) is 0. The molecule has 2 atom stereocenters. The van der Waals surface area contributed by atoms with Gasteiger partial charge in [-0.1, -0.05) is 34.8 Å². The molecule has 16 heavy (non-hydrogen) atoms. The topological polar surface area (TPSA) is 0 Å². The fourth-order valence-corrected chi connectivity index (χ4v) is 1.36. The SMILES string of the molecule is FC(F)=C(Cl)C(F)C(Cl)(Cl)C(F)C(F)(F)F. The molecule has 0 heterocycles. The fourth-order valence-electron chi connectivity index (χ4n) is 0.611. The van der Waals surface area contributed by atoms with E-state index >= 15 is 0 Å². The summed E-state index contributed by atoms with van der Waals surface area (Å²) >= 11 is 14.0. The molecule has 0 rings (SSSR count). The van der Waals surface area contributed by atoms with Crippen LogP contribution in [0.5, 0.6) is 0 Å². The Hall–Kier alpha value is 0.120. The van der Waals surface area contributed by atoms with Crippen molar-refractivity contribution in [3.63, 3.8) is 0 Å². The van der Waals surface area contributed by atoms with Crippen molar-refractivity contribution in [2.45, 2.75) is 22.9 Å². The first-order chi connectivity index (χ1) is 6.92. The lowest BCUT2D eigenvalue weighted by atomic mass is 10.1. The van der Waals surface area contributed by atoms with Crippen molar-refractivity contribution in [1.82, 2.24) is 0 Å². The van der Waals surface area contributed by atoms with Crippen LogP contribution in [0, 0.1) is 0 Å². The molecule has 0 radical (unpaired) electrons. The Morgan fingerprint density at radius 1 is 1.00 bits per heavy atom. The van der Waals surface area contributed by atoms with Gasteiger partial charge in [0, 0.05) is 0 Å². The van der Waals surface area contributed by atoms with Gasteiger partial charge in [-0.05, 0) is 0 Å². The number of allylic oxidation sites excluding steroid dienone is 1. The normalized spacial score (nSPS) is 16.9. The molecule has 0 N–H and O–H groups in total. The van der Waals surface area contributed by atoms with Crippen LogP contribution in [0.3, 0.4) is 0 Å². The van der Waals surface area contributed by atoms with Crippen LogP contribution in [-0.4, -0.2) is 22.9 Å². The van der Waals surface area contributed by atoms with Gasteiger partial charge >= 0.3 is 6.18 Å². The van der Waals surface area contributed by atoms with Gasteiger partial charge in [0.25, 0.3) is 6.08 Å². The van der Waals surface area contributed by atoms with Gasteiger partial charge in [0.1, 0.15) is 5.03 Å². The van der Waals surface area contributed by atoms with E-state index in [1.165, 1.54) is 0 Å². The number of hydrogen-bond donors (Lipinski definition) is 0. The zero-order chi connectivity index (χ0) is 13.3. The molecule has 0 amide bonds. The van der Waals surface area contributed by atoms with Crippen LogP contribution in [0.1, 0.15) is 0 Å². The van der Waals surface area contributed by atoms with Crippen LogP contribution in [0.25, 0.3) is 0 Å². The summed E-state index contributed by atoms with van der Waals surface area (Å²) in [5.74, 6) is 0. The Kier molecular flexibility index (Phi) is 5.22. The third-order valence-corrected chi connectivity index (χ3v) is 2.47. The zero-order valence-electron chi connectivity index (χ0n) is 6.93. The Bertz CT molecular complexity index is 280. The van der Waals surface area contributed by atoms with Gasteiger partial charge < -0.3 is 0 Å². The summed E-state index contributed by atoms with van der Waals surface area (Å²) in [6.45, 7) is 0. The van der Waals surface area contributed by atoms with Gasteiger partial charge in [0.2, 0.25) is 6.17 Å². The highest BCUT2D eigenvalue weighted by Crippen LogP contribution is 2.45. The van der Waals surface area contributed by atoms with Crippen LogP contribution in [0.4, 0.5) is 30.7 Å². The summed E-state index contributed by atoms with van der Waals surface area (Å²) < 4.78 is 80.7. The Labute approximate surface area is 99.9 Å². The molecular weight excluding hydrogens is 311 g/mol. The van der Waals surface area contributed by atoms with E-state index < -0.39 is 34.0 Å². The molecule has 2 unspecified atom stereocenters. The average Bonchev–Trinajstić information content (AvgIpc) is 2.12. The summed E-state index contributed by atoms with van der Waals surface area (Å²) in [6.07, 6.45) is -15.9. The van der Waals surface area contributed by atoms with E-state index in [1.54, 1.807) is 0 Å². The summed E-state index contributed by atoms with van der Waals surface area (Å²) in [5.41, 5.74) is 0. The van der Waals surface area contributed by atoms with Crippen LogP contribution in [0.2, 0.25) is 0 Å². The number of hydrogen-bond acceptors (Lipinski definition) is 0. The van der Waals surface area contributed by atoms with Crippen LogP contribution >= 0.6 is 34.8 Å². The lowest BCUT2D eigenvalue weighted by Gasteiger charge is -2.27. The second kappa shape index (κ2) is 5.18. The van der Waals surface area contributed by atoms with Crippen LogP contribution in [-0.2, 0) is 0 Å². The molecule has 96 valence electrons. The van der Waals surface area contributed by atoms with Gasteiger partial charge in [-0.15, -0.1) is 0 Å². The van der Waals surface area contributed by atoms with Gasteiger partial charge in [-0.2, -0.15) is 22.0 Å². The van der Waals surface area contributed by atoms with E-state index in [-0.39, 0.29) is 0 Å². The first kappa shape index (κ1) is 16.1. The molecule has 0 aromatic rings. The standard InChI is InChI=1S/C6H2Cl3F7/c7-1(3(11)12)2(10)5(8,9)4(13)6(14,15)16/h2,4H. The van der Waals surface area contributed by atoms with Crippen molar-refractivity contribution in [1.29, 1.82) is 0 Å². The molecule has 0 aliphatic carbocycles. The monoisotopic (exact) mass is 312 g/mol. The van der Waals surface area contributed by atoms with E-state index in [4.69, 9.17) is 23.2 Å². The molecule has 0 saturated heterocycles. The van der Waals surface area contributed by atoms with Gasteiger partial charge in [-0.25, -0.2) is 8.78 Å². The van der Waals surface area contributed by atoms with E-state index in [1.807, 2.05) is 0 Å². The summed E-state index contributed by atoms with van der Waals surface area (Å²) in [4.78, 5) is 0. The number of rotatable bonds is 3. The van der Waals surface area contributed by atoms with Crippen molar-refractivity contribution in [2.24, 2.45) is 0 Å². The summed E-state index contributed by atoms with van der Waals surface area (Å²) in [6, 6.07) is 0. The molecule has 0 bridgehead atoms. The highest BCUT2D eigenvalue weighted by molar-refractivity contribution is 6.50. The minimum Gasteiger partial charge on any atom is -0.238 e. The summed E-state index contributed by atoms with van der Waals surface area (Å²) in [5, 5.41) is -1.98. The lowest BCUT2D eigenvalue weighted by Crippen LogP contribution is -2.46. The van der Waals surface area contributed by atoms with Crippen molar-refractivity contribution >= 4 is 34.8 Å². The van der Waals surface area contributed by atoms with Crippen molar-refractivity contribution < 1.29 is 30.7 Å². The predicted octanol–water partition coefficient (Wildman–Crippen LogP) is 4.75. The van der Waals surface area contributed by atoms with Crippen LogP contribution < -0.4 is 0 Å². The van der Waals surface area contributed by atoms with Crippen molar-refractivity contribution in [2.75, 3.05) is 0 Å². The molecule has 10 heteroatoms. The van der Waals surface area contributed by atoms with Crippen LogP contribution in [0.15, 0.2) is 11.1 Å². The molecule has 0 aromatic heterocycles. The Morgan fingerprint density at radius 2 is 1.38 bits per heavy atom. The fraction of sp³-hybridized carbons (Fsp3) is 0.667.